The lowest BCUT2D eigenvalue weighted by atomic mass is 10.3. The summed E-state index contributed by atoms with van der Waals surface area (Å²) in [6, 6.07) is 7.79. The molecule has 0 amide bonds. The largest absolute Gasteiger partial charge is 0.384 e. The zero-order valence-electron chi connectivity index (χ0n) is 11.2. The summed E-state index contributed by atoms with van der Waals surface area (Å²) in [6.07, 6.45) is 0. The van der Waals surface area contributed by atoms with Gasteiger partial charge in [-0.2, -0.15) is 0 Å². The second-order valence-corrected chi connectivity index (χ2v) is 5.91. The van der Waals surface area contributed by atoms with Gasteiger partial charge in [0.25, 0.3) is 0 Å². The van der Waals surface area contributed by atoms with Crippen LogP contribution >= 0.6 is 22.9 Å². The van der Waals surface area contributed by atoms with Crippen molar-refractivity contribution in [2.75, 3.05) is 25.5 Å². The maximum absolute atomic E-state index is 5.85. The Morgan fingerprint density at radius 3 is 2.68 bits per heavy atom. The molecule has 0 aliphatic heterocycles. The van der Waals surface area contributed by atoms with Crippen molar-refractivity contribution < 1.29 is 0 Å². The van der Waals surface area contributed by atoms with Gasteiger partial charge in [0.15, 0.2) is 0 Å². The third kappa shape index (κ3) is 4.49. The van der Waals surface area contributed by atoms with Crippen LogP contribution in [0.3, 0.4) is 0 Å². The van der Waals surface area contributed by atoms with Crippen LogP contribution in [0, 0.1) is 6.92 Å². The summed E-state index contributed by atoms with van der Waals surface area (Å²) in [5, 5.41) is 4.15. The van der Waals surface area contributed by atoms with E-state index in [4.69, 9.17) is 11.6 Å². The van der Waals surface area contributed by atoms with E-state index in [0.29, 0.717) is 0 Å². The molecular formula is C14H18ClN3S. The van der Waals surface area contributed by atoms with Crippen molar-refractivity contribution in [2.45, 2.75) is 13.5 Å². The maximum atomic E-state index is 5.85. The number of thiazole rings is 1. The number of hydrogen-bond donors (Lipinski definition) is 1. The quantitative estimate of drug-likeness (QED) is 0.882. The van der Waals surface area contributed by atoms with Crippen molar-refractivity contribution in [3.8, 4) is 0 Å². The van der Waals surface area contributed by atoms with E-state index in [1.54, 1.807) is 11.3 Å². The fourth-order valence-electron chi connectivity index (χ4n) is 1.76. The highest BCUT2D eigenvalue weighted by Gasteiger charge is 2.05. The Bertz CT molecular complexity index is 510. The molecule has 19 heavy (non-hydrogen) atoms. The molecular weight excluding hydrogens is 278 g/mol. The molecule has 2 aromatic rings. The third-order valence-electron chi connectivity index (χ3n) is 2.93. The number of benzene rings is 1. The standard InChI is InChI=1S/C14H18ClN3S/c1-11-14(19-10-17-11)9-18(2)8-7-16-13-5-3-12(15)4-6-13/h3-6,10,16H,7-9H2,1-2H3. The number of anilines is 1. The summed E-state index contributed by atoms with van der Waals surface area (Å²) >= 11 is 7.57. The van der Waals surface area contributed by atoms with Crippen LogP contribution in [-0.2, 0) is 6.54 Å². The van der Waals surface area contributed by atoms with Crippen LogP contribution in [0.15, 0.2) is 29.8 Å². The fourth-order valence-corrected chi connectivity index (χ4v) is 2.74. The number of nitrogens with one attached hydrogen (secondary N) is 1. The minimum absolute atomic E-state index is 0.767. The fraction of sp³-hybridized carbons (Fsp3) is 0.357. The van der Waals surface area contributed by atoms with Crippen LogP contribution in [0.1, 0.15) is 10.6 Å². The molecule has 102 valence electrons. The van der Waals surface area contributed by atoms with Crippen molar-refractivity contribution in [2.24, 2.45) is 0 Å². The zero-order valence-corrected chi connectivity index (χ0v) is 12.8. The van der Waals surface area contributed by atoms with Gasteiger partial charge in [0, 0.05) is 35.2 Å². The number of hydrogen-bond acceptors (Lipinski definition) is 4. The molecule has 1 heterocycles. The van der Waals surface area contributed by atoms with E-state index in [-0.39, 0.29) is 0 Å². The average molecular weight is 296 g/mol. The maximum Gasteiger partial charge on any atom is 0.0798 e. The Morgan fingerprint density at radius 1 is 1.32 bits per heavy atom. The summed E-state index contributed by atoms with van der Waals surface area (Å²) in [7, 11) is 2.13. The molecule has 0 bridgehead atoms. The predicted molar refractivity (Wildman–Crippen MR) is 83.1 cm³/mol. The molecule has 0 fully saturated rings. The van der Waals surface area contributed by atoms with Crippen molar-refractivity contribution in [3.05, 3.63) is 45.4 Å². The highest BCUT2D eigenvalue weighted by Crippen LogP contribution is 2.15. The zero-order chi connectivity index (χ0) is 13.7. The molecule has 0 spiro atoms. The molecule has 0 atom stereocenters. The van der Waals surface area contributed by atoms with E-state index in [0.717, 1.165) is 36.0 Å². The Hall–Kier alpha value is -1.10. The third-order valence-corrected chi connectivity index (χ3v) is 4.10. The molecule has 0 aliphatic carbocycles. The van der Waals surface area contributed by atoms with Crippen LogP contribution in [-0.4, -0.2) is 30.0 Å². The summed E-state index contributed by atoms with van der Waals surface area (Å²) in [5.74, 6) is 0. The SMILES string of the molecule is Cc1ncsc1CN(C)CCNc1ccc(Cl)cc1. The van der Waals surface area contributed by atoms with Crippen molar-refractivity contribution in [1.29, 1.82) is 0 Å². The lowest BCUT2D eigenvalue weighted by Crippen LogP contribution is -2.24. The van der Waals surface area contributed by atoms with Crippen LogP contribution in [0.2, 0.25) is 5.02 Å². The molecule has 1 N–H and O–H groups in total. The first-order chi connectivity index (χ1) is 9.15. The number of likely N-dealkylation sites (N-methyl/N-ethyl adjacent to an activating group) is 1. The van der Waals surface area contributed by atoms with Gasteiger partial charge in [-0.1, -0.05) is 11.6 Å². The number of nitrogens with zero attached hydrogens (tertiary/aromatic N) is 2. The van der Waals surface area contributed by atoms with Crippen molar-refractivity contribution in [3.63, 3.8) is 0 Å². The number of rotatable bonds is 6. The van der Waals surface area contributed by atoms with Crippen LogP contribution in [0.25, 0.3) is 0 Å². The molecule has 0 aliphatic rings. The lowest BCUT2D eigenvalue weighted by molar-refractivity contribution is 0.342. The minimum atomic E-state index is 0.767. The Kier molecular flexibility index (Phi) is 5.19. The normalized spacial score (nSPS) is 10.9. The van der Waals surface area contributed by atoms with Gasteiger partial charge >= 0.3 is 0 Å². The smallest absolute Gasteiger partial charge is 0.0798 e. The Labute approximate surface area is 123 Å². The molecule has 1 aromatic heterocycles. The lowest BCUT2D eigenvalue weighted by Gasteiger charge is -2.16. The Balaban J connectivity index is 1.73. The second kappa shape index (κ2) is 6.89. The van der Waals surface area contributed by atoms with Crippen LogP contribution in [0.5, 0.6) is 0 Å². The van der Waals surface area contributed by atoms with Gasteiger partial charge < -0.3 is 5.32 Å². The highest BCUT2D eigenvalue weighted by atomic mass is 35.5. The molecule has 5 heteroatoms. The van der Waals surface area contributed by atoms with E-state index >= 15 is 0 Å². The monoisotopic (exact) mass is 295 g/mol. The number of halogens is 1. The first-order valence-electron chi connectivity index (χ1n) is 6.22. The van der Waals surface area contributed by atoms with E-state index in [1.807, 2.05) is 29.8 Å². The molecule has 0 unspecified atom stereocenters. The van der Waals surface area contributed by atoms with Gasteiger partial charge in [-0.05, 0) is 38.2 Å². The first kappa shape index (κ1) is 14.3. The van der Waals surface area contributed by atoms with Gasteiger partial charge in [0.1, 0.15) is 0 Å². The van der Waals surface area contributed by atoms with Crippen LogP contribution in [0.4, 0.5) is 5.69 Å². The summed E-state index contributed by atoms with van der Waals surface area (Å²) in [6.45, 7) is 4.92. The van der Waals surface area contributed by atoms with E-state index < -0.39 is 0 Å². The topological polar surface area (TPSA) is 28.2 Å². The number of aryl methyl sites for hydroxylation is 1. The summed E-state index contributed by atoms with van der Waals surface area (Å²) < 4.78 is 0. The molecule has 0 saturated carbocycles. The molecule has 3 nitrogen and oxygen atoms in total. The van der Waals surface area contributed by atoms with Crippen molar-refractivity contribution >= 4 is 28.6 Å². The average Bonchev–Trinajstić information content (AvgIpc) is 2.78. The van der Waals surface area contributed by atoms with Crippen LogP contribution < -0.4 is 5.32 Å². The van der Waals surface area contributed by atoms with Gasteiger partial charge in [-0.3, -0.25) is 4.90 Å². The summed E-state index contributed by atoms with van der Waals surface area (Å²) in [5.41, 5.74) is 4.15. The minimum Gasteiger partial charge on any atom is -0.384 e. The van der Waals surface area contributed by atoms with E-state index in [1.165, 1.54) is 4.88 Å². The Morgan fingerprint density at radius 2 is 2.05 bits per heavy atom. The van der Waals surface area contributed by atoms with Gasteiger partial charge in [0.05, 0.1) is 11.2 Å². The van der Waals surface area contributed by atoms with E-state index in [9.17, 15) is 0 Å². The predicted octanol–water partition coefficient (Wildman–Crippen LogP) is 3.65. The number of aromatic nitrogens is 1. The highest BCUT2D eigenvalue weighted by molar-refractivity contribution is 7.09. The van der Waals surface area contributed by atoms with Gasteiger partial charge in [-0.25, -0.2) is 4.98 Å². The first-order valence-corrected chi connectivity index (χ1v) is 7.48. The van der Waals surface area contributed by atoms with E-state index in [2.05, 4.69) is 29.2 Å². The molecule has 1 aromatic carbocycles. The summed E-state index contributed by atoms with van der Waals surface area (Å²) in [4.78, 5) is 7.91. The van der Waals surface area contributed by atoms with Gasteiger partial charge in [-0.15, -0.1) is 11.3 Å². The molecule has 0 radical (unpaired) electrons. The molecule has 2 rings (SSSR count). The second-order valence-electron chi connectivity index (χ2n) is 4.53. The van der Waals surface area contributed by atoms with Crippen molar-refractivity contribution in [1.82, 2.24) is 9.88 Å². The molecule has 0 saturated heterocycles. The van der Waals surface area contributed by atoms with Gasteiger partial charge in [0.2, 0.25) is 0 Å².